The summed E-state index contributed by atoms with van der Waals surface area (Å²) in [6.45, 7) is 5.42. The Morgan fingerprint density at radius 1 is 1.00 bits per heavy atom. The second kappa shape index (κ2) is 8.49. The van der Waals surface area contributed by atoms with Crippen LogP contribution >= 0.6 is 0 Å². The maximum Gasteiger partial charge on any atom is 0.341 e. The average molecular weight is 391 g/mol. The minimum Gasteiger partial charge on any atom is -0.449 e. The molecule has 1 amide bonds. The van der Waals surface area contributed by atoms with Gasteiger partial charge in [-0.25, -0.2) is 4.79 Å². The molecular formula is C23H25N3O3. The van der Waals surface area contributed by atoms with Gasteiger partial charge < -0.3 is 14.6 Å². The molecule has 2 aromatic carbocycles. The second-order valence-corrected chi connectivity index (χ2v) is 7.38. The number of carbonyl (C=O) groups excluding carboxylic acids is 2. The summed E-state index contributed by atoms with van der Waals surface area (Å²) in [4.78, 5) is 32.5. The molecule has 0 saturated carbocycles. The number of amides is 1. The third kappa shape index (κ3) is 4.32. The summed E-state index contributed by atoms with van der Waals surface area (Å²) in [7, 11) is 0. The molecule has 0 spiro atoms. The molecule has 150 valence electrons. The lowest BCUT2D eigenvalue weighted by Gasteiger charge is -2.35. The first-order valence-electron chi connectivity index (χ1n) is 9.94. The van der Waals surface area contributed by atoms with E-state index in [2.05, 4.69) is 22.0 Å². The molecule has 0 radical (unpaired) electrons. The number of carbonyl (C=O) groups is 2. The fourth-order valence-corrected chi connectivity index (χ4v) is 3.74. The number of piperazine rings is 1. The zero-order chi connectivity index (χ0) is 20.2. The van der Waals surface area contributed by atoms with Crippen LogP contribution in [0.5, 0.6) is 0 Å². The highest BCUT2D eigenvalue weighted by molar-refractivity contribution is 6.04. The van der Waals surface area contributed by atoms with Crippen molar-refractivity contribution < 1.29 is 14.3 Å². The van der Waals surface area contributed by atoms with Crippen molar-refractivity contribution in [2.75, 3.05) is 26.2 Å². The number of H-pyrrole nitrogens is 1. The van der Waals surface area contributed by atoms with Crippen LogP contribution in [0.25, 0.3) is 10.9 Å². The monoisotopic (exact) mass is 391 g/mol. The van der Waals surface area contributed by atoms with E-state index in [-0.39, 0.29) is 5.91 Å². The highest BCUT2D eigenvalue weighted by Gasteiger charge is 2.28. The van der Waals surface area contributed by atoms with Crippen molar-refractivity contribution in [2.24, 2.45) is 0 Å². The van der Waals surface area contributed by atoms with Crippen molar-refractivity contribution in [1.82, 2.24) is 14.8 Å². The largest absolute Gasteiger partial charge is 0.449 e. The number of hydrogen-bond acceptors (Lipinski definition) is 4. The van der Waals surface area contributed by atoms with Crippen molar-refractivity contribution in [3.05, 3.63) is 71.9 Å². The van der Waals surface area contributed by atoms with Gasteiger partial charge >= 0.3 is 5.97 Å². The number of benzene rings is 2. The average Bonchev–Trinajstić information content (AvgIpc) is 3.19. The van der Waals surface area contributed by atoms with Gasteiger partial charge in [-0.1, -0.05) is 48.5 Å². The van der Waals surface area contributed by atoms with E-state index < -0.39 is 12.1 Å². The first kappa shape index (κ1) is 19.2. The Morgan fingerprint density at radius 3 is 2.45 bits per heavy atom. The van der Waals surface area contributed by atoms with Crippen LogP contribution in [0.1, 0.15) is 22.8 Å². The summed E-state index contributed by atoms with van der Waals surface area (Å²) < 4.78 is 5.48. The fourth-order valence-electron chi connectivity index (χ4n) is 3.74. The Morgan fingerprint density at radius 2 is 1.69 bits per heavy atom. The second-order valence-electron chi connectivity index (χ2n) is 7.38. The molecule has 1 N–H and O–H groups in total. The molecule has 3 aromatic rings. The lowest BCUT2D eigenvalue weighted by Crippen LogP contribution is -2.51. The van der Waals surface area contributed by atoms with Gasteiger partial charge in [-0.2, -0.15) is 0 Å². The summed E-state index contributed by atoms with van der Waals surface area (Å²) >= 11 is 0. The van der Waals surface area contributed by atoms with E-state index in [0.717, 1.165) is 30.5 Å². The number of nitrogens with zero attached hydrogens (tertiary/aromatic N) is 2. The molecule has 0 aliphatic carbocycles. The van der Waals surface area contributed by atoms with Gasteiger partial charge in [0.05, 0.1) is 5.56 Å². The number of esters is 1. The summed E-state index contributed by atoms with van der Waals surface area (Å²) in [6, 6.07) is 17.9. The Labute approximate surface area is 170 Å². The zero-order valence-electron chi connectivity index (χ0n) is 16.5. The van der Waals surface area contributed by atoms with E-state index in [4.69, 9.17) is 4.74 Å². The predicted molar refractivity (Wildman–Crippen MR) is 111 cm³/mol. The first-order chi connectivity index (χ1) is 14.1. The van der Waals surface area contributed by atoms with Crippen molar-refractivity contribution in [1.29, 1.82) is 0 Å². The third-order valence-corrected chi connectivity index (χ3v) is 5.37. The number of nitrogens with one attached hydrogen (secondary N) is 1. The standard InChI is InChI=1S/C23H25N3O3/c1-17(29-23(28)20-15-24-21-10-6-5-9-19(20)21)22(27)26-13-11-25(12-14-26)16-18-7-3-2-4-8-18/h2-10,15,17,24H,11-14,16H2,1H3. The molecule has 0 bridgehead atoms. The number of para-hydroxylation sites is 1. The lowest BCUT2D eigenvalue weighted by atomic mass is 10.2. The minimum absolute atomic E-state index is 0.141. The van der Waals surface area contributed by atoms with Gasteiger partial charge in [-0.05, 0) is 18.6 Å². The SMILES string of the molecule is CC(OC(=O)c1c[nH]c2ccccc12)C(=O)N1CCN(Cc2ccccc2)CC1. The number of aromatic amines is 1. The smallest absolute Gasteiger partial charge is 0.341 e. The minimum atomic E-state index is -0.808. The highest BCUT2D eigenvalue weighted by Crippen LogP contribution is 2.19. The van der Waals surface area contributed by atoms with E-state index in [9.17, 15) is 9.59 Å². The fraction of sp³-hybridized carbons (Fsp3) is 0.304. The molecule has 1 aromatic heterocycles. The van der Waals surface area contributed by atoms with Crippen LogP contribution in [0.2, 0.25) is 0 Å². The van der Waals surface area contributed by atoms with Crippen molar-refractivity contribution in [3.63, 3.8) is 0 Å². The Balaban J connectivity index is 1.31. The van der Waals surface area contributed by atoms with Crippen LogP contribution in [-0.2, 0) is 16.1 Å². The molecule has 1 fully saturated rings. The van der Waals surface area contributed by atoms with Crippen LogP contribution in [-0.4, -0.2) is 58.9 Å². The maximum absolute atomic E-state index is 12.8. The van der Waals surface area contributed by atoms with Gasteiger partial charge in [-0.3, -0.25) is 9.69 Å². The topological polar surface area (TPSA) is 65.6 Å². The van der Waals surface area contributed by atoms with Crippen LogP contribution in [0, 0.1) is 0 Å². The molecule has 6 heteroatoms. The van der Waals surface area contributed by atoms with Gasteiger partial charge in [0.2, 0.25) is 0 Å². The normalized spacial score (nSPS) is 16.0. The molecule has 1 aliphatic rings. The van der Waals surface area contributed by atoms with E-state index in [0.29, 0.717) is 18.7 Å². The van der Waals surface area contributed by atoms with Crippen LogP contribution < -0.4 is 0 Å². The summed E-state index contributed by atoms with van der Waals surface area (Å²) in [5, 5.41) is 0.798. The molecule has 29 heavy (non-hydrogen) atoms. The molecule has 4 rings (SSSR count). The molecule has 1 saturated heterocycles. The zero-order valence-corrected chi connectivity index (χ0v) is 16.5. The third-order valence-electron chi connectivity index (χ3n) is 5.37. The van der Waals surface area contributed by atoms with E-state index >= 15 is 0 Å². The molecule has 1 unspecified atom stereocenters. The highest BCUT2D eigenvalue weighted by atomic mass is 16.5. The number of ether oxygens (including phenoxy) is 1. The van der Waals surface area contributed by atoms with Crippen molar-refractivity contribution in [2.45, 2.75) is 19.6 Å². The van der Waals surface area contributed by atoms with Gasteiger partial charge in [-0.15, -0.1) is 0 Å². The first-order valence-corrected chi connectivity index (χ1v) is 9.94. The molecule has 6 nitrogen and oxygen atoms in total. The Kier molecular flexibility index (Phi) is 5.62. The maximum atomic E-state index is 12.8. The summed E-state index contributed by atoms with van der Waals surface area (Å²) in [5.74, 6) is -0.622. The predicted octanol–water partition coefficient (Wildman–Crippen LogP) is 3.06. The van der Waals surface area contributed by atoms with Crippen LogP contribution in [0.15, 0.2) is 60.8 Å². The number of hydrogen-bond donors (Lipinski definition) is 1. The quantitative estimate of drug-likeness (QED) is 0.679. The number of aromatic nitrogens is 1. The van der Waals surface area contributed by atoms with Gasteiger partial charge in [0.25, 0.3) is 5.91 Å². The Hall–Kier alpha value is -3.12. The molecule has 2 heterocycles. The summed E-state index contributed by atoms with van der Waals surface area (Å²) in [6.07, 6.45) is 0.823. The van der Waals surface area contributed by atoms with E-state index in [1.165, 1.54) is 5.56 Å². The van der Waals surface area contributed by atoms with Crippen molar-refractivity contribution in [3.8, 4) is 0 Å². The van der Waals surface area contributed by atoms with Crippen LogP contribution in [0.4, 0.5) is 0 Å². The van der Waals surface area contributed by atoms with Gasteiger partial charge in [0.15, 0.2) is 6.10 Å². The Bertz CT molecular complexity index is 991. The van der Waals surface area contributed by atoms with E-state index in [1.807, 2.05) is 42.5 Å². The summed E-state index contributed by atoms with van der Waals surface area (Å²) in [5.41, 5.74) is 2.59. The van der Waals surface area contributed by atoms with Crippen LogP contribution in [0.3, 0.4) is 0 Å². The van der Waals surface area contributed by atoms with E-state index in [1.54, 1.807) is 18.0 Å². The lowest BCUT2D eigenvalue weighted by molar-refractivity contribution is -0.141. The number of fused-ring (bicyclic) bond motifs is 1. The van der Waals surface area contributed by atoms with Crippen molar-refractivity contribution >= 4 is 22.8 Å². The molecule has 1 aliphatic heterocycles. The van der Waals surface area contributed by atoms with Gasteiger partial charge in [0.1, 0.15) is 0 Å². The molecule has 1 atom stereocenters. The molecular weight excluding hydrogens is 366 g/mol. The number of rotatable bonds is 5. The van der Waals surface area contributed by atoms with Gasteiger partial charge in [0, 0.05) is 49.8 Å².